The van der Waals surface area contributed by atoms with Crippen LogP contribution in [0, 0.1) is 0 Å². The lowest BCUT2D eigenvalue weighted by Gasteiger charge is -2.39. The Labute approximate surface area is 189 Å². The highest BCUT2D eigenvalue weighted by Crippen LogP contribution is 2.74. The second-order valence-electron chi connectivity index (χ2n) is 8.78. The van der Waals surface area contributed by atoms with E-state index < -0.39 is 48.8 Å². The van der Waals surface area contributed by atoms with Crippen molar-refractivity contribution in [2.45, 2.75) is 63.5 Å². The van der Waals surface area contributed by atoms with Gasteiger partial charge >= 0.3 is 5.69 Å². The van der Waals surface area contributed by atoms with Crippen LogP contribution in [0.4, 0.5) is 4.39 Å². The van der Waals surface area contributed by atoms with E-state index in [1.54, 1.807) is 22.8 Å². The second-order valence-corrected chi connectivity index (χ2v) is 24.3. The van der Waals surface area contributed by atoms with Crippen molar-refractivity contribution in [1.29, 1.82) is 0 Å². The lowest BCUT2D eigenvalue weighted by Crippen LogP contribution is -2.49. The molecule has 1 aromatic rings. The number of alkyl halides is 1. The van der Waals surface area contributed by atoms with E-state index in [9.17, 15) is 9.59 Å². The Morgan fingerprint density at radius 1 is 1.37 bits per heavy atom. The zero-order chi connectivity index (χ0) is 22.3. The highest BCUT2D eigenvalue weighted by atomic mass is 33.2. The zero-order valence-electron chi connectivity index (χ0n) is 17.6. The number of halogens is 1. The molecule has 2 saturated heterocycles. The van der Waals surface area contributed by atoms with Crippen molar-refractivity contribution in [1.82, 2.24) is 9.55 Å². The lowest BCUT2D eigenvalue weighted by molar-refractivity contribution is -0.0415. The van der Waals surface area contributed by atoms with Gasteiger partial charge in [0.05, 0.1) is 6.61 Å². The Balaban J connectivity index is 1.87. The Hall–Kier alpha value is 0.0569. The van der Waals surface area contributed by atoms with Gasteiger partial charge < -0.3 is 13.7 Å². The van der Waals surface area contributed by atoms with Crippen LogP contribution in [0.25, 0.3) is 0 Å². The molecule has 13 heteroatoms. The smallest absolute Gasteiger partial charge is 0.330 e. The summed E-state index contributed by atoms with van der Waals surface area (Å²) in [5.41, 5.74) is -1.27. The summed E-state index contributed by atoms with van der Waals surface area (Å²) in [5.74, 6) is 1.89. The SMILES string of the molecule is CC(C)(C)[Si](C)(C)O[C@H]1[C@@H](F)[C@H](n2ccc(=O)[nH]c2=O)O[C@@H]1COP1(=S)SCCS1. The number of nitrogens with one attached hydrogen (secondary N) is 1. The van der Waals surface area contributed by atoms with Crippen LogP contribution < -0.4 is 11.2 Å². The molecule has 1 aromatic heterocycles. The molecule has 2 fully saturated rings. The number of hydrogen-bond donors (Lipinski definition) is 1. The third kappa shape index (κ3) is 5.33. The second kappa shape index (κ2) is 9.13. The molecule has 170 valence electrons. The van der Waals surface area contributed by atoms with Crippen molar-refractivity contribution in [2.75, 3.05) is 18.1 Å². The first kappa shape index (κ1) is 24.7. The van der Waals surface area contributed by atoms with Gasteiger partial charge in [-0.05, 0) is 29.9 Å². The molecule has 0 unspecified atom stereocenters. The molecule has 0 aliphatic carbocycles. The maximum absolute atomic E-state index is 15.6. The van der Waals surface area contributed by atoms with E-state index in [0.29, 0.717) is 0 Å². The fourth-order valence-electron chi connectivity index (χ4n) is 2.91. The predicted molar refractivity (Wildman–Crippen MR) is 127 cm³/mol. The summed E-state index contributed by atoms with van der Waals surface area (Å²) in [6, 6.07) is 1.17. The molecule has 2 aliphatic heterocycles. The molecular weight excluding hydrogens is 486 g/mol. The minimum atomic E-state index is -2.33. The van der Waals surface area contributed by atoms with Crippen molar-refractivity contribution in [2.24, 2.45) is 0 Å². The quantitative estimate of drug-likeness (QED) is 0.452. The van der Waals surface area contributed by atoms with Crippen LogP contribution in [-0.4, -0.2) is 54.4 Å². The van der Waals surface area contributed by atoms with Gasteiger partial charge in [0.15, 0.2) is 25.4 Å². The molecule has 1 N–H and O–H groups in total. The standard InChI is InChI=1S/C17H28FN2O5PS3Si/c1-17(2,3)30(4,5)25-14-11(10-23-26(27)28-8-9-29-26)24-15(13(14)18)20-7-6-12(21)19-16(20)22/h6-7,11,13-15H,8-10H2,1-5H3,(H,19,21,22)/t11-,13-,14-,15-/m1/s1. The van der Waals surface area contributed by atoms with Crippen molar-refractivity contribution in [3.63, 3.8) is 0 Å². The summed E-state index contributed by atoms with van der Waals surface area (Å²) < 4.78 is 33.0. The van der Waals surface area contributed by atoms with Crippen LogP contribution in [0.15, 0.2) is 21.9 Å². The summed E-state index contributed by atoms with van der Waals surface area (Å²) in [6.07, 6.45) is -3.16. The fourth-order valence-corrected chi connectivity index (χ4v) is 13.1. The predicted octanol–water partition coefficient (Wildman–Crippen LogP) is 3.88. The zero-order valence-corrected chi connectivity index (χ0v) is 22.0. The average molecular weight is 515 g/mol. The molecule has 4 atom stereocenters. The van der Waals surface area contributed by atoms with Crippen LogP contribution in [0.1, 0.15) is 27.0 Å². The molecule has 3 heterocycles. The maximum Gasteiger partial charge on any atom is 0.330 e. The van der Waals surface area contributed by atoms with Gasteiger partial charge in [-0.25, -0.2) is 9.18 Å². The maximum atomic E-state index is 15.6. The van der Waals surface area contributed by atoms with Crippen molar-refractivity contribution in [3.8, 4) is 0 Å². The van der Waals surface area contributed by atoms with Gasteiger partial charge in [0.2, 0.25) is 0 Å². The Kier molecular flexibility index (Phi) is 7.51. The first-order valence-corrected chi connectivity index (χ1v) is 18.5. The number of nitrogens with zero attached hydrogens (tertiary/aromatic N) is 1. The minimum absolute atomic E-state index is 0.103. The summed E-state index contributed by atoms with van der Waals surface area (Å²) in [5, 5.41) is -0.131. The van der Waals surface area contributed by atoms with Gasteiger partial charge in [-0.2, -0.15) is 0 Å². The Bertz CT molecular complexity index is 927. The number of ether oxygens (including phenoxy) is 1. The summed E-state index contributed by atoms with van der Waals surface area (Å²) in [6.45, 7) is 10.4. The van der Waals surface area contributed by atoms with Gasteiger partial charge in [0, 0.05) is 23.8 Å². The highest BCUT2D eigenvalue weighted by molar-refractivity contribution is 9.00. The van der Waals surface area contributed by atoms with Crippen LogP contribution in [-0.2, 0) is 25.5 Å². The van der Waals surface area contributed by atoms with Gasteiger partial charge in [-0.15, -0.1) is 0 Å². The topological polar surface area (TPSA) is 82.6 Å². The first-order valence-electron chi connectivity index (χ1n) is 9.65. The molecule has 30 heavy (non-hydrogen) atoms. The van der Waals surface area contributed by atoms with Gasteiger partial charge in [0.1, 0.15) is 12.2 Å². The van der Waals surface area contributed by atoms with Gasteiger partial charge in [-0.3, -0.25) is 14.3 Å². The number of rotatable bonds is 6. The number of aromatic nitrogens is 2. The van der Waals surface area contributed by atoms with E-state index in [4.69, 9.17) is 25.5 Å². The van der Waals surface area contributed by atoms with E-state index in [-0.39, 0.29) is 11.6 Å². The van der Waals surface area contributed by atoms with E-state index in [1.807, 2.05) is 13.1 Å². The normalized spacial score (nSPS) is 29.4. The highest BCUT2D eigenvalue weighted by Gasteiger charge is 2.52. The minimum Gasteiger partial charge on any atom is -0.408 e. The summed E-state index contributed by atoms with van der Waals surface area (Å²) >= 11 is 8.91. The largest absolute Gasteiger partial charge is 0.408 e. The van der Waals surface area contributed by atoms with Crippen LogP contribution in [0.5, 0.6) is 0 Å². The molecule has 3 rings (SSSR count). The molecule has 2 aliphatic rings. The Morgan fingerprint density at radius 2 is 2.00 bits per heavy atom. The molecule has 0 amide bonds. The third-order valence-electron chi connectivity index (χ3n) is 5.61. The average Bonchev–Trinajstić information content (AvgIpc) is 3.18. The van der Waals surface area contributed by atoms with E-state index in [0.717, 1.165) is 16.1 Å². The third-order valence-corrected chi connectivity index (χ3v) is 19.9. The van der Waals surface area contributed by atoms with Crippen molar-refractivity contribution in [3.05, 3.63) is 33.1 Å². The fraction of sp³-hybridized carbons (Fsp3) is 0.765. The number of H-pyrrole nitrogens is 1. The van der Waals surface area contributed by atoms with Gasteiger partial charge in [0.25, 0.3) is 5.56 Å². The first-order chi connectivity index (χ1) is 13.8. The van der Waals surface area contributed by atoms with E-state index >= 15 is 4.39 Å². The van der Waals surface area contributed by atoms with Crippen molar-refractivity contribution < 1.29 is 18.1 Å². The number of aromatic amines is 1. The van der Waals surface area contributed by atoms with E-state index in [2.05, 4.69) is 25.8 Å². The molecule has 7 nitrogen and oxygen atoms in total. The van der Waals surface area contributed by atoms with Crippen LogP contribution >= 0.6 is 27.4 Å². The van der Waals surface area contributed by atoms with Gasteiger partial charge in [-0.1, -0.05) is 43.5 Å². The molecule has 0 bridgehead atoms. The van der Waals surface area contributed by atoms with E-state index in [1.165, 1.54) is 12.3 Å². The molecular formula is C17H28FN2O5PS3Si. The number of hydrogen-bond acceptors (Lipinski definition) is 8. The monoisotopic (exact) mass is 514 g/mol. The summed E-state index contributed by atoms with van der Waals surface area (Å²) in [4.78, 5) is 25.8. The molecule has 0 spiro atoms. The molecule has 0 aromatic carbocycles. The lowest BCUT2D eigenvalue weighted by atomic mass is 10.1. The summed E-state index contributed by atoms with van der Waals surface area (Å²) in [7, 11) is -2.33. The van der Waals surface area contributed by atoms with Crippen molar-refractivity contribution >= 4 is 47.6 Å². The molecule has 0 radical (unpaired) electrons. The Morgan fingerprint density at radius 3 is 2.57 bits per heavy atom. The molecule has 0 saturated carbocycles. The van der Waals surface area contributed by atoms with Crippen LogP contribution in [0.2, 0.25) is 18.1 Å². The van der Waals surface area contributed by atoms with Crippen LogP contribution in [0.3, 0.4) is 0 Å².